The molecule has 0 bridgehead atoms. The Bertz CT molecular complexity index is 994. The van der Waals surface area contributed by atoms with E-state index in [4.69, 9.17) is 9.72 Å². The molecule has 34 heavy (non-hydrogen) atoms. The largest absolute Gasteiger partial charge is 0.481 e. The zero-order valence-electron chi connectivity index (χ0n) is 19.7. The van der Waals surface area contributed by atoms with Crippen LogP contribution in [-0.4, -0.2) is 40.6 Å². The van der Waals surface area contributed by atoms with Crippen LogP contribution in [0.3, 0.4) is 0 Å². The summed E-state index contributed by atoms with van der Waals surface area (Å²) < 4.78 is 34.7. The van der Waals surface area contributed by atoms with Crippen molar-refractivity contribution in [2.24, 2.45) is 0 Å². The van der Waals surface area contributed by atoms with Crippen LogP contribution >= 0.6 is 0 Å². The van der Waals surface area contributed by atoms with Crippen LogP contribution in [-0.2, 0) is 17.6 Å². The van der Waals surface area contributed by atoms with Crippen molar-refractivity contribution in [1.29, 1.82) is 0 Å². The number of aromatic nitrogens is 2. The molecule has 1 atom stereocenters. The maximum atomic E-state index is 14.9. The minimum Gasteiger partial charge on any atom is -0.481 e. The van der Waals surface area contributed by atoms with Gasteiger partial charge in [0.2, 0.25) is 11.8 Å². The Morgan fingerprint density at radius 1 is 1.32 bits per heavy atom. The number of rotatable bonds is 12. The number of nitrogens with one attached hydrogen (secondary N) is 1. The first-order valence-corrected chi connectivity index (χ1v) is 12.2. The number of alkyl halides is 2. The Balaban J connectivity index is 1.34. The van der Waals surface area contributed by atoms with E-state index in [-0.39, 0.29) is 12.8 Å². The number of halogens is 2. The number of nitrogens with zero attached hydrogens (tertiary/aromatic N) is 2. The van der Waals surface area contributed by atoms with Crippen molar-refractivity contribution in [2.45, 2.75) is 82.0 Å². The fourth-order valence-electron chi connectivity index (χ4n) is 4.80. The molecular weight excluding hydrogens is 440 g/mol. The van der Waals surface area contributed by atoms with Gasteiger partial charge in [0, 0.05) is 43.3 Å². The van der Waals surface area contributed by atoms with E-state index < -0.39 is 24.2 Å². The molecule has 6 nitrogen and oxygen atoms in total. The van der Waals surface area contributed by atoms with Gasteiger partial charge in [0.15, 0.2) is 0 Å². The van der Waals surface area contributed by atoms with Crippen molar-refractivity contribution in [3.8, 4) is 5.88 Å². The van der Waals surface area contributed by atoms with Gasteiger partial charge in [0.25, 0.3) is 0 Å². The molecule has 4 rings (SSSR count). The van der Waals surface area contributed by atoms with E-state index in [1.54, 1.807) is 12.1 Å². The molecule has 0 spiro atoms. The molecule has 2 aromatic heterocycles. The Morgan fingerprint density at radius 2 is 2.15 bits per heavy atom. The first-order valence-electron chi connectivity index (χ1n) is 12.2. The number of aryl methyl sites for hydroxylation is 2. The number of carboxylic acid groups (broad SMARTS) is 1. The molecule has 184 valence electrons. The van der Waals surface area contributed by atoms with Crippen molar-refractivity contribution >= 4 is 11.8 Å². The van der Waals surface area contributed by atoms with E-state index in [0.29, 0.717) is 36.6 Å². The van der Waals surface area contributed by atoms with Crippen molar-refractivity contribution < 1.29 is 23.4 Å². The Hall–Kier alpha value is -2.77. The number of unbranched alkanes of at least 4 members (excludes halogenated alkanes) is 1. The first kappa shape index (κ1) is 24.4. The van der Waals surface area contributed by atoms with Gasteiger partial charge in [-0.1, -0.05) is 12.1 Å². The average Bonchev–Trinajstić information content (AvgIpc) is 3.66. The number of carboxylic acids is 1. The highest BCUT2D eigenvalue weighted by atomic mass is 19.3. The molecule has 2 N–H and O–H groups in total. The van der Waals surface area contributed by atoms with Gasteiger partial charge in [0.1, 0.15) is 5.82 Å². The smallest absolute Gasteiger partial charge is 0.303 e. The number of ether oxygens (including phenoxy) is 1. The van der Waals surface area contributed by atoms with Gasteiger partial charge in [-0.2, -0.15) is 0 Å². The molecule has 1 fully saturated rings. The fourth-order valence-corrected chi connectivity index (χ4v) is 4.80. The standard InChI is InChI=1S/C26H33F2N3O3/c1-34-23-10-9-19(16-30-23)20(14-24(32)33)15-26(27,28)11-3-2-6-22-21(17-7-8-17)13-18-5-4-12-29-25(18)31-22/h9-10,13,16-17,20H,2-8,11-12,14-15H2,1H3,(H,29,31)(H,32,33)/t20-/m1/s1. The lowest BCUT2D eigenvalue weighted by atomic mass is 9.89. The van der Waals surface area contributed by atoms with Gasteiger partial charge >= 0.3 is 5.97 Å². The third kappa shape index (κ3) is 6.42. The second-order valence-corrected chi connectivity index (χ2v) is 9.53. The van der Waals surface area contributed by atoms with Gasteiger partial charge in [-0.15, -0.1) is 0 Å². The van der Waals surface area contributed by atoms with E-state index in [0.717, 1.165) is 30.9 Å². The summed E-state index contributed by atoms with van der Waals surface area (Å²) in [6.07, 6.45) is 6.50. The fraction of sp³-hybridized carbons (Fsp3) is 0.577. The van der Waals surface area contributed by atoms with Gasteiger partial charge in [-0.05, 0) is 67.6 Å². The zero-order chi connectivity index (χ0) is 24.1. The maximum absolute atomic E-state index is 14.9. The average molecular weight is 474 g/mol. The quantitative estimate of drug-likeness (QED) is 0.384. The van der Waals surface area contributed by atoms with Crippen LogP contribution in [0.4, 0.5) is 14.6 Å². The number of carbonyl (C=O) groups is 1. The molecule has 8 heteroatoms. The maximum Gasteiger partial charge on any atom is 0.303 e. The number of methoxy groups -OCH3 is 1. The summed E-state index contributed by atoms with van der Waals surface area (Å²) in [5.41, 5.74) is 4.12. The van der Waals surface area contributed by atoms with E-state index in [1.165, 1.54) is 37.3 Å². The normalized spacial score (nSPS) is 16.4. The minimum atomic E-state index is -2.95. The molecule has 2 aliphatic rings. The van der Waals surface area contributed by atoms with E-state index >= 15 is 0 Å². The van der Waals surface area contributed by atoms with Gasteiger partial charge in [-0.25, -0.2) is 18.7 Å². The number of fused-ring (bicyclic) bond motifs is 1. The van der Waals surface area contributed by atoms with Crippen LogP contribution in [0.15, 0.2) is 24.4 Å². The summed E-state index contributed by atoms with van der Waals surface area (Å²) >= 11 is 0. The third-order valence-electron chi connectivity index (χ3n) is 6.76. The van der Waals surface area contributed by atoms with Crippen LogP contribution in [0.1, 0.15) is 85.6 Å². The van der Waals surface area contributed by atoms with Crippen molar-refractivity contribution in [1.82, 2.24) is 9.97 Å². The van der Waals surface area contributed by atoms with Crippen molar-refractivity contribution in [2.75, 3.05) is 19.0 Å². The third-order valence-corrected chi connectivity index (χ3v) is 6.76. The number of hydrogen-bond donors (Lipinski definition) is 2. The van der Waals surface area contributed by atoms with Gasteiger partial charge < -0.3 is 15.2 Å². The number of aliphatic carboxylic acids is 1. The van der Waals surface area contributed by atoms with Crippen LogP contribution in [0, 0.1) is 0 Å². The predicted octanol–water partition coefficient (Wildman–Crippen LogP) is 5.72. The van der Waals surface area contributed by atoms with Crippen LogP contribution in [0.5, 0.6) is 5.88 Å². The van der Waals surface area contributed by atoms with Gasteiger partial charge in [0.05, 0.1) is 13.5 Å². The number of hydrogen-bond acceptors (Lipinski definition) is 5. The first-order chi connectivity index (χ1) is 16.3. The summed E-state index contributed by atoms with van der Waals surface area (Å²) in [7, 11) is 1.47. The van der Waals surface area contributed by atoms with E-state index in [2.05, 4.69) is 16.4 Å². The molecule has 1 aliphatic heterocycles. The summed E-state index contributed by atoms with van der Waals surface area (Å²) in [5.74, 6) is -2.96. The van der Waals surface area contributed by atoms with Gasteiger partial charge in [-0.3, -0.25) is 4.79 Å². The Morgan fingerprint density at radius 3 is 2.82 bits per heavy atom. The second-order valence-electron chi connectivity index (χ2n) is 9.53. The van der Waals surface area contributed by atoms with Crippen LogP contribution in [0.25, 0.3) is 0 Å². The highest BCUT2D eigenvalue weighted by molar-refractivity contribution is 5.68. The van der Waals surface area contributed by atoms with Crippen LogP contribution in [0.2, 0.25) is 0 Å². The molecule has 0 aromatic carbocycles. The lowest BCUT2D eigenvalue weighted by molar-refractivity contribution is -0.138. The lowest BCUT2D eigenvalue weighted by Crippen LogP contribution is -2.22. The SMILES string of the molecule is COc1ccc([C@H](CC(=O)O)CC(F)(F)CCCCc2nc3c(cc2C2CC2)CCCN3)cn1. The molecule has 0 amide bonds. The number of anilines is 1. The number of pyridine rings is 2. The molecule has 0 saturated heterocycles. The highest BCUT2D eigenvalue weighted by Crippen LogP contribution is 2.43. The molecule has 0 radical (unpaired) electrons. The minimum absolute atomic E-state index is 0.269. The molecule has 2 aromatic rings. The summed E-state index contributed by atoms with van der Waals surface area (Å²) in [6, 6.07) is 5.47. The lowest BCUT2D eigenvalue weighted by Gasteiger charge is -2.23. The molecule has 1 saturated carbocycles. The summed E-state index contributed by atoms with van der Waals surface area (Å²) in [6.45, 7) is 0.926. The molecular formula is C26H33F2N3O3. The molecule has 3 heterocycles. The molecule has 0 unspecified atom stereocenters. The Labute approximate surface area is 199 Å². The van der Waals surface area contributed by atoms with Crippen LogP contribution < -0.4 is 10.1 Å². The van der Waals surface area contributed by atoms with Crippen molar-refractivity contribution in [3.05, 3.63) is 46.8 Å². The Kier molecular flexibility index (Phi) is 7.63. The highest BCUT2D eigenvalue weighted by Gasteiger charge is 2.34. The zero-order valence-corrected chi connectivity index (χ0v) is 19.7. The summed E-state index contributed by atoms with van der Waals surface area (Å²) in [4.78, 5) is 20.2. The van der Waals surface area contributed by atoms with E-state index in [9.17, 15) is 18.7 Å². The second kappa shape index (κ2) is 10.7. The van der Waals surface area contributed by atoms with E-state index in [1.807, 2.05) is 0 Å². The molecule has 1 aliphatic carbocycles. The topological polar surface area (TPSA) is 84.3 Å². The van der Waals surface area contributed by atoms with Crippen molar-refractivity contribution in [3.63, 3.8) is 0 Å². The monoisotopic (exact) mass is 473 g/mol. The summed E-state index contributed by atoms with van der Waals surface area (Å²) in [5, 5.41) is 12.6. The predicted molar refractivity (Wildman–Crippen MR) is 126 cm³/mol.